The zero-order valence-corrected chi connectivity index (χ0v) is 20.4. The summed E-state index contributed by atoms with van der Waals surface area (Å²) >= 11 is 6.01. The number of hydrogen-bond acceptors (Lipinski definition) is 3. The van der Waals surface area contributed by atoms with Crippen molar-refractivity contribution in [1.29, 1.82) is 0 Å². The van der Waals surface area contributed by atoms with Crippen LogP contribution in [0.3, 0.4) is 0 Å². The van der Waals surface area contributed by atoms with Gasteiger partial charge in [-0.3, -0.25) is 4.79 Å². The second-order valence-corrected chi connectivity index (χ2v) is 10.3. The number of ether oxygens (including phenoxy) is 1. The molecule has 1 aliphatic heterocycles. The highest BCUT2D eigenvalue weighted by Gasteiger charge is 2.36. The van der Waals surface area contributed by atoms with Gasteiger partial charge in [0.15, 0.2) is 0 Å². The minimum absolute atomic E-state index is 0.0734. The zero-order valence-electron chi connectivity index (χ0n) is 19.6. The zero-order chi connectivity index (χ0) is 23.5. The first-order valence-corrected chi connectivity index (χ1v) is 11.5. The largest absolute Gasteiger partial charge is 0.444 e. The van der Waals surface area contributed by atoms with E-state index in [0.717, 1.165) is 24.0 Å². The predicted molar refractivity (Wildman–Crippen MR) is 128 cm³/mol. The first kappa shape index (κ1) is 24.1. The molecule has 5 nitrogen and oxygen atoms in total. The van der Waals surface area contributed by atoms with Crippen LogP contribution in [-0.4, -0.2) is 35.6 Å². The first-order chi connectivity index (χ1) is 15.0. The molecular formula is C26H33ClN2O3. The van der Waals surface area contributed by atoms with Crippen LogP contribution in [0.1, 0.15) is 67.6 Å². The molecule has 1 N–H and O–H groups in total. The fourth-order valence-corrected chi connectivity index (χ4v) is 4.42. The van der Waals surface area contributed by atoms with Gasteiger partial charge in [-0.2, -0.15) is 0 Å². The Kier molecular flexibility index (Phi) is 7.19. The topological polar surface area (TPSA) is 58.6 Å². The van der Waals surface area contributed by atoms with Crippen LogP contribution in [0.4, 0.5) is 4.79 Å². The average molecular weight is 457 g/mol. The summed E-state index contributed by atoms with van der Waals surface area (Å²) in [5, 5.41) is 3.68. The van der Waals surface area contributed by atoms with Gasteiger partial charge in [0.25, 0.3) is 5.91 Å². The molecule has 0 aliphatic carbocycles. The van der Waals surface area contributed by atoms with Crippen LogP contribution in [0.15, 0.2) is 42.5 Å². The molecule has 2 aromatic rings. The Bertz CT molecular complexity index is 989. The molecule has 32 heavy (non-hydrogen) atoms. The van der Waals surface area contributed by atoms with Crippen LogP contribution in [0.2, 0.25) is 5.02 Å². The van der Waals surface area contributed by atoms with E-state index in [2.05, 4.69) is 24.4 Å². The van der Waals surface area contributed by atoms with Crippen LogP contribution in [-0.2, 0) is 16.7 Å². The van der Waals surface area contributed by atoms with Crippen molar-refractivity contribution in [1.82, 2.24) is 10.2 Å². The van der Waals surface area contributed by atoms with Crippen LogP contribution in [0.5, 0.6) is 0 Å². The van der Waals surface area contributed by atoms with Crippen molar-refractivity contribution in [3.05, 3.63) is 69.7 Å². The molecule has 0 aromatic heterocycles. The third-order valence-electron chi connectivity index (χ3n) is 6.06. The standard InChI is InChI=1S/C26H33ClN2O3/c1-18-16-20(27)10-11-21(18)23(30)28-17-19-8-6-7-9-22(19)26(5)12-14-29(15-13-26)24(31)32-25(2,3)4/h6-11,16H,12-15,17H2,1-5H3,(H,28,30). The van der Waals surface area contributed by atoms with Crippen LogP contribution in [0.25, 0.3) is 0 Å². The summed E-state index contributed by atoms with van der Waals surface area (Å²) in [6.45, 7) is 11.5. The number of rotatable bonds is 4. The normalized spacial score (nSPS) is 15.9. The highest BCUT2D eigenvalue weighted by molar-refractivity contribution is 6.30. The van der Waals surface area contributed by atoms with E-state index < -0.39 is 5.60 Å². The second kappa shape index (κ2) is 9.53. The number of amides is 2. The first-order valence-electron chi connectivity index (χ1n) is 11.1. The number of hydrogen-bond donors (Lipinski definition) is 1. The summed E-state index contributed by atoms with van der Waals surface area (Å²) < 4.78 is 5.53. The summed E-state index contributed by atoms with van der Waals surface area (Å²) in [6, 6.07) is 13.5. The van der Waals surface area contributed by atoms with E-state index in [1.54, 1.807) is 23.1 Å². The summed E-state index contributed by atoms with van der Waals surface area (Å²) in [7, 11) is 0. The number of likely N-dealkylation sites (tertiary alicyclic amines) is 1. The molecule has 3 rings (SSSR count). The van der Waals surface area contributed by atoms with Crippen LogP contribution in [0, 0.1) is 6.92 Å². The monoisotopic (exact) mass is 456 g/mol. The lowest BCUT2D eigenvalue weighted by Crippen LogP contribution is -2.46. The molecule has 2 aromatic carbocycles. The van der Waals surface area contributed by atoms with Crippen molar-refractivity contribution in [2.24, 2.45) is 0 Å². The third-order valence-corrected chi connectivity index (χ3v) is 6.29. The number of piperidine rings is 1. The maximum Gasteiger partial charge on any atom is 0.410 e. The molecule has 0 unspecified atom stereocenters. The van der Waals surface area contributed by atoms with Gasteiger partial charge in [0.2, 0.25) is 0 Å². The molecule has 0 bridgehead atoms. The van der Waals surface area contributed by atoms with Crippen molar-refractivity contribution in [2.75, 3.05) is 13.1 Å². The van der Waals surface area contributed by atoms with Crippen molar-refractivity contribution in [3.8, 4) is 0 Å². The van der Waals surface area contributed by atoms with Crippen LogP contribution < -0.4 is 5.32 Å². The number of nitrogens with zero attached hydrogens (tertiary/aromatic N) is 1. The lowest BCUT2D eigenvalue weighted by molar-refractivity contribution is 0.0171. The smallest absolute Gasteiger partial charge is 0.410 e. The highest BCUT2D eigenvalue weighted by Crippen LogP contribution is 2.37. The molecule has 6 heteroatoms. The molecule has 0 saturated carbocycles. The number of nitrogens with one attached hydrogen (secondary N) is 1. The number of carbonyl (C=O) groups excluding carboxylic acids is 2. The van der Waals surface area contributed by atoms with Gasteiger partial charge in [0.05, 0.1) is 0 Å². The SMILES string of the molecule is Cc1cc(Cl)ccc1C(=O)NCc1ccccc1C1(C)CCN(C(=O)OC(C)(C)C)CC1. The molecular weight excluding hydrogens is 424 g/mol. The molecule has 1 aliphatic rings. The molecule has 172 valence electrons. The van der Waals surface area contributed by atoms with E-state index in [-0.39, 0.29) is 17.4 Å². The molecule has 1 fully saturated rings. The minimum atomic E-state index is -0.495. The lowest BCUT2D eigenvalue weighted by atomic mass is 9.73. The maximum atomic E-state index is 12.7. The fraction of sp³-hybridized carbons (Fsp3) is 0.462. The van der Waals surface area contributed by atoms with Crippen molar-refractivity contribution < 1.29 is 14.3 Å². The minimum Gasteiger partial charge on any atom is -0.444 e. The maximum absolute atomic E-state index is 12.7. The summed E-state index contributed by atoms with van der Waals surface area (Å²) in [5.74, 6) is -0.112. The molecule has 0 spiro atoms. The van der Waals surface area contributed by atoms with Gasteiger partial charge in [-0.25, -0.2) is 4.79 Å². The summed E-state index contributed by atoms with van der Waals surface area (Å²) in [5.41, 5.74) is 3.23. The van der Waals surface area contributed by atoms with E-state index in [9.17, 15) is 9.59 Å². The second-order valence-electron chi connectivity index (χ2n) is 9.83. The Morgan fingerprint density at radius 2 is 1.78 bits per heavy atom. The van der Waals surface area contributed by atoms with Crippen molar-refractivity contribution >= 4 is 23.6 Å². The van der Waals surface area contributed by atoms with Crippen LogP contribution >= 0.6 is 11.6 Å². The van der Waals surface area contributed by atoms with Gasteiger partial charge in [0.1, 0.15) is 5.60 Å². The highest BCUT2D eigenvalue weighted by atomic mass is 35.5. The van der Waals surface area contributed by atoms with E-state index in [4.69, 9.17) is 16.3 Å². The van der Waals surface area contributed by atoms with Gasteiger partial charge in [-0.15, -0.1) is 0 Å². The van der Waals surface area contributed by atoms with Crippen molar-refractivity contribution in [3.63, 3.8) is 0 Å². The fourth-order valence-electron chi connectivity index (χ4n) is 4.19. The Morgan fingerprint density at radius 3 is 2.41 bits per heavy atom. The molecule has 0 atom stereocenters. The predicted octanol–water partition coefficient (Wildman–Crippen LogP) is 5.87. The van der Waals surface area contributed by atoms with E-state index in [0.29, 0.717) is 30.2 Å². The Hall–Kier alpha value is -2.53. The number of benzene rings is 2. The number of halogens is 1. The summed E-state index contributed by atoms with van der Waals surface area (Å²) in [4.78, 5) is 27.0. The lowest BCUT2D eigenvalue weighted by Gasteiger charge is -2.41. The quantitative estimate of drug-likeness (QED) is 0.626. The Labute approximate surface area is 196 Å². The van der Waals surface area contributed by atoms with Gasteiger partial charge in [-0.05, 0) is 80.8 Å². The molecule has 2 amide bonds. The van der Waals surface area contributed by atoms with Gasteiger partial charge >= 0.3 is 6.09 Å². The van der Waals surface area contributed by atoms with Crippen molar-refractivity contribution in [2.45, 2.75) is 65.0 Å². The van der Waals surface area contributed by atoms with Gasteiger partial charge < -0.3 is 15.0 Å². The third kappa shape index (κ3) is 5.83. The summed E-state index contributed by atoms with van der Waals surface area (Å²) in [6.07, 6.45) is 1.43. The van der Waals surface area contributed by atoms with E-state index in [1.807, 2.05) is 39.8 Å². The van der Waals surface area contributed by atoms with Gasteiger partial charge in [-0.1, -0.05) is 42.8 Å². The van der Waals surface area contributed by atoms with Gasteiger partial charge in [0, 0.05) is 30.2 Å². The molecule has 0 radical (unpaired) electrons. The van der Waals surface area contributed by atoms with E-state index >= 15 is 0 Å². The Morgan fingerprint density at radius 1 is 1.12 bits per heavy atom. The molecule has 1 saturated heterocycles. The number of carbonyl (C=O) groups is 2. The van der Waals surface area contributed by atoms with E-state index in [1.165, 1.54) is 5.56 Å². The number of aryl methyl sites for hydroxylation is 1. The Balaban J connectivity index is 1.68. The molecule has 1 heterocycles. The average Bonchev–Trinajstić information content (AvgIpc) is 2.71.